The molecule has 1 fully saturated rings. The van der Waals surface area contributed by atoms with Gasteiger partial charge in [-0.2, -0.15) is 0 Å². The van der Waals surface area contributed by atoms with Crippen molar-refractivity contribution in [3.05, 3.63) is 23.4 Å². The average molecular weight is 268 g/mol. The number of aliphatic hydroxyl groups is 1. The Labute approximate surface area is 110 Å². The van der Waals surface area contributed by atoms with Gasteiger partial charge in [0.05, 0.1) is 6.61 Å². The largest absolute Gasteiger partial charge is 0.392 e. The van der Waals surface area contributed by atoms with Gasteiger partial charge in [0, 0.05) is 41.1 Å². The molecule has 0 aromatic carbocycles. The fraction of sp³-hybridized carbons (Fsp3) is 0.615. The molecule has 1 aromatic heterocycles. The molecule has 0 unspecified atom stereocenters. The molecule has 0 radical (unpaired) electrons. The van der Waals surface area contributed by atoms with E-state index in [1.165, 1.54) is 0 Å². The Morgan fingerprint density at radius 1 is 1.39 bits per heavy atom. The lowest BCUT2D eigenvalue weighted by Crippen LogP contribution is -2.38. The highest BCUT2D eigenvalue weighted by Gasteiger charge is 2.17. The van der Waals surface area contributed by atoms with Crippen LogP contribution in [-0.4, -0.2) is 38.9 Å². The van der Waals surface area contributed by atoms with Crippen LogP contribution in [0.15, 0.2) is 12.1 Å². The highest BCUT2D eigenvalue weighted by molar-refractivity contribution is 7.85. The summed E-state index contributed by atoms with van der Waals surface area (Å²) in [6, 6.07) is 3.91. The zero-order valence-corrected chi connectivity index (χ0v) is 11.6. The van der Waals surface area contributed by atoms with Crippen molar-refractivity contribution in [2.24, 2.45) is 0 Å². The van der Waals surface area contributed by atoms with Gasteiger partial charge >= 0.3 is 0 Å². The maximum atomic E-state index is 11.4. The molecule has 100 valence electrons. The number of aliphatic hydroxyl groups excluding tert-OH is 1. The van der Waals surface area contributed by atoms with Gasteiger partial charge in [0.2, 0.25) is 0 Å². The van der Waals surface area contributed by atoms with Gasteiger partial charge in [0.1, 0.15) is 5.82 Å². The predicted octanol–water partition coefficient (Wildman–Crippen LogP) is 1.10. The molecule has 1 saturated heterocycles. The van der Waals surface area contributed by atoms with Gasteiger partial charge in [-0.05, 0) is 24.1 Å². The van der Waals surface area contributed by atoms with Crippen molar-refractivity contribution in [2.75, 3.05) is 29.5 Å². The summed E-state index contributed by atoms with van der Waals surface area (Å²) in [5.41, 5.74) is 1.95. The molecule has 0 bridgehead atoms. The Hall–Kier alpha value is -0.940. The van der Waals surface area contributed by atoms with Crippen molar-refractivity contribution in [3.8, 4) is 0 Å². The van der Waals surface area contributed by atoms with Crippen LogP contribution in [0.25, 0.3) is 0 Å². The maximum Gasteiger partial charge on any atom is 0.129 e. The SMILES string of the molecule is CCCc1cc(CO)cc(N2CCS(=O)CC2)n1. The van der Waals surface area contributed by atoms with E-state index >= 15 is 0 Å². The van der Waals surface area contributed by atoms with Gasteiger partial charge < -0.3 is 10.0 Å². The predicted molar refractivity (Wildman–Crippen MR) is 74.2 cm³/mol. The molecule has 0 atom stereocenters. The first-order valence-electron chi connectivity index (χ1n) is 6.43. The minimum absolute atomic E-state index is 0.0476. The highest BCUT2D eigenvalue weighted by Crippen LogP contribution is 2.18. The lowest BCUT2D eigenvalue weighted by Gasteiger charge is -2.28. The van der Waals surface area contributed by atoms with Crippen LogP contribution in [0.1, 0.15) is 24.6 Å². The summed E-state index contributed by atoms with van der Waals surface area (Å²) < 4.78 is 11.4. The number of aryl methyl sites for hydroxylation is 1. The smallest absolute Gasteiger partial charge is 0.129 e. The number of pyridine rings is 1. The molecular weight excluding hydrogens is 248 g/mol. The average Bonchev–Trinajstić information content (AvgIpc) is 2.39. The molecule has 4 nitrogen and oxygen atoms in total. The fourth-order valence-corrected chi connectivity index (χ4v) is 3.19. The van der Waals surface area contributed by atoms with E-state index in [1.54, 1.807) is 0 Å². The second kappa shape index (κ2) is 6.29. The van der Waals surface area contributed by atoms with Gasteiger partial charge in [0.15, 0.2) is 0 Å². The zero-order valence-electron chi connectivity index (χ0n) is 10.8. The van der Waals surface area contributed by atoms with E-state index in [0.29, 0.717) is 11.5 Å². The summed E-state index contributed by atoms with van der Waals surface area (Å²) >= 11 is 0. The molecule has 1 N–H and O–H groups in total. The molecule has 2 rings (SSSR count). The topological polar surface area (TPSA) is 53.4 Å². The third-order valence-electron chi connectivity index (χ3n) is 3.12. The molecule has 0 aliphatic carbocycles. The summed E-state index contributed by atoms with van der Waals surface area (Å²) in [5, 5.41) is 9.30. The Bertz CT molecular complexity index is 427. The summed E-state index contributed by atoms with van der Waals surface area (Å²) in [6.07, 6.45) is 1.98. The molecule has 18 heavy (non-hydrogen) atoms. The Kier molecular flexibility index (Phi) is 4.72. The van der Waals surface area contributed by atoms with E-state index in [4.69, 9.17) is 0 Å². The van der Waals surface area contributed by atoms with E-state index in [1.807, 2.05) is 12.1 Å². The lowest BCUT2D eigenvalue weighted by atomic mass is 10.1. The van der Waals surface area contributed by atoms with E-state index in [2.05, 4.69) is 16.8 Å². The minimum Gasteiger partial charge on any atom is -0.392 e. The number of nitrogens with zero attached hydrogens (tertiary/aromatic N) is 2. The summed E-state index contributed by atoms with van der Waals surface area (Å²) in [4.78, 5) is 6.80. The van der Waals surface area contributed by atoms with E-state index < -0.39 is 10.8 Å². The first kappa shape index (κ1) is 13.5. The van der Waals surface area contributed by atoms with Crippen molar-refractivity contribution in [2.45, 2.75) is 26.4 Å². The fourth-order valence-electron chi connectivity index (χ4n) is 2.14. The van der Waals surface area contributed by atoms with Gasteiger partial charge in [-0.3, -0.25) is 4.21 Å². The minimum atomic E-state index is -0.669. The number of hydrogen-bond donors (Lipinski definition) is 1. The normalized spacial score (nSPS) is 17.1. The quantitative estimate of drug-likeness (QED) is 0.888. The van der Waals surface area contributed by atoms with Gasteiger partial charge in [-0.1, -0.05) is 13.3 Å². The van der Waals surface area contributed by atoms with Crippen LogP contribution in [0.5, 0.6) is 0 Å². The Morgan fingerprint density at radius 2 is 2.11 bits per heavy atom. The zero-order chi connectivity index (χ0) is 13.0. The van der Waals surface area contributed by atoms with Crippen LogP contribution in [0.4, 0.5) is 5.82 Å². The van der Waals surface area contributed by atoms with E-state index in [0.717, 1.165) is 43.0 Å². The van der Waals surface area contributed by atoms with Crippen molar-refractivity contribution in [1.29, 1.82) is 0 Å². The Balaban J connectivity index is 2.20. The van der Waals surface area contributed by atoms with Crippen molar-refractivity contribution in [3.63, 3.8) is 0 Å². The molecule has 0 saturated carbocycles. The maximum absolute atomic E-state index is 11.4. The van der Waals surface area contributed by atoms with Crippen LogP contribution in [-0.2, 0) is 23.8 Å². The number of hydrogen-bond acceptors (Lipinski definition) is 4. The molecule has 1 aliphatic heterocycles. The van der Waals surface area contributed by atoms with Crippen LogP contribution < -0.4 is 4.90 Å². The summed E-state index contributed by atoms with van der Waals surface area (Å²) in [6.45, 7) is 3.75. The first-order chi connectivity index (χ1) is 8.72. The number of anilines is 1. The third-order valence-corrected chi connectivity index (χ3v) is 4.39. The van der Waals surface area contributed by atoms with Crippen molar-refractivity contribution >= 4 is 16.6 Å². The molecule has 5 heteroatoms. The second-order valence-electron chi connectivity index (χ2n) is 4.57. The molecule has 0 spiro atoms. The lowest BCUT2D eigenvalue weighted by molar-refractivity contribution is 0.281. The van der Waals surface area contributed by atoms with Gasteiger partial charge in [0.25, 0.3) is 0 Å². The standard InChI is InChI=1S/C13H20N2O2S/c1-2-3-12-8-11(10-16)9-13(14-12)15-4-6-18(17)7-5-15/h8-9,16H,2-7,10H2,1H3. The Morgan fingerprint density at radius 3 is 2.72 bits per heavy atom. The van der Waals surface area contributed by atoms with Crippen LogP contribution in [0.3, 0.4) is 0 Å². The summed E-state index contributed by atoms with van der Waals surface area (Å²) in [7, 11) is -0.669. The second-order valence-corrected chi connectivity index (χ2v) is 6.26. The van der Waals surface area contributed by atoms with Crippen LogP contribution in [0, 0.1) is 0 Å². The van der Waals surface area contributed by atoms with Crippen molar-refractivity contribution in [1.82, 2.24) is 4.98 Å². The van der Waals surface area contributed by atoms with Gasteiger partial charge in [-0.25, -0.2) is 4.98 Å². The molecular formula is C13H20N2O2S. The third kappa shape index (κ3) is 3.29. The molecule has 0 amide bonds. The van der Waals surface area contributed by atoms with Gasteiger partial charge in [-0.15, -0.1) is 0 Å². The van der Waals surface area contributed by atoms with E-state index in [-0.39, 0.29) is 6.61 Å². The molecule has 1 aliphatic rings. The monoisotopic (exact) mass is 268 g/mol. The number of aromatic nitrogens is 1. The van der Waals surface area contributed by atoms with Crippen LogP contribution >= 0.6 is 0 Å². The molecule has 2 heterocycles. The number of rotatable bonds is 4. The first-order valence-corrected chi connectivity index (χ1v) is 7.92. The van der Waals surface area contributed by atoms with Crippen LogP contribution in [0.2, 0.25) is 0 Å². The molecule has 1 aromatic rings. The van der Waals surface area contributed by atoms with Crippen molar-refractivity contribution < 1.29 is 9.32 Å². The highest BCUT2D eigenvalue weighted by atomic mass is 32.2. The summed E-state index contributed by atoms with van der Waals surface area (Å²) in [5.74, 6) is 2.35. The van der Waals surface area contributed by atoms with E-state index in [9.17, 15) is 9.32 Å².